The van der Waals surface area contributed by atoms with Crippen LogP contribution in [0.25, 0.3) is 11.2 Å². The second-order valence-corrected chi connectivity index (χ2v) is 8.34. The van der Waals surface area contributed by atoms with Crippen molar-refractivity contribution < 1.29 is 9.18 Å². The lowest BCUT2D eigenvalue weighted by Crippen LogP contribution is -2.40. The van der Waals surface area contributed by atoms with Crippen molar-refractivity contribution in [2.45, 2.75) is 31.7 Å². The molecule has 1 atom stereocenters. The van der Waals surface area contributed by atoms with Crippen LogP contribution in [0.3, 0.4) is 0 Å². The summed E-state index contributed by atoms with van der Waals surface area (Å²) in [4.78, 5) is 34.9. The van der Waals surface area contributed by atoms with Gasteiger partial charge in [0.2, 0.25) is 5.91 Å². The van der Waals surface area contributed by atoms with Gasteiger partial charge in [-0.3, -0.25) is 9.59 Å². The third-order valence-electron chi connectivity index (χ3n) is 6.00. The van der Waals surface area contributed by atoms with E-state index in [1.807, 2.05) is 35.2 Å². The molecule has 1 amide bonds. The predicted molar refractivity (Wildman–Crippen MR) is 120 cm³/mol. The summed E-state index contributed by atoms with van der Waals surface area (Å²) in [5, 5.41) is 8.05. The molecule has 2 aromatic heterocycles. The number of likely N-dealkylation sites (tertiary alicyclic amines) is 1. The summed E-state index contributed by atoms with van der Waals surface area (Å²) in [7, 11) is 0. The van der Waals surface area contributed by atoms with Gasteiger partial charge in [-0.15, -0.1) is 5.10 Å². The zero-order valence-electron chi connectivity index (χ0n) is 17.9. The maximum absolute atomic E-state index is 13.2. The highest BCUT2D eigenvalue weighted by molar-refractivity contribution is 5.79. The minimum atomic E-state index is -0.354. The average molecular weight is 446 g/mol. The molecular weight excluding hydrogens is 423 g/mol. The number of aromatic nitrogens is 5. The number of piperidine rings is 1. The smallest absolute Gasteiger partial charge is 0.281 e. The topological polar surface area (TPSA) is 96.8 Å². The second-order valence-electron chi connectivity index (χ2n) is 8.34. The van der Waals surface area contributed by atoms with E-state index in [1.54, 1.807) is 16.8 Å². The molecule has 3 heterocycles. The summed E-state index contributed by atoms with van der Waals surface area (Å²) in [6, 6.07) is 15.8. The van der Waals surface area contributed by atoms with Crippen molar-refractivity contribution in [3.63, 3.8) is 0 Å². The van der Waals surface area contributed by atoms with E-state index >= 15 is 0 Å². The molecule has 0 radical (unpaired) electrons. The number of hydrogen-bond donors (Lipinski definition) is 1. The molecular formula is C24H23FN6O2. The minimum Gasteiger partial charge on any atom is -0.342 e. The van der Waals surface area contributed by atoms with E-state index in [-0.39, 0.29) is 28.7 Å². The quantitative estimate of drug-likeness (QED) is 0.508. The van der Waals surface area contributed by atoms with Crippen molar-refractivity contribution in [1.82, 2.24) is 29.9 Å². The van der Waals surface area contributed by atoms with E-state index in [1.165, 1.54) is 12.1 Å². The monoisotopic (exact) mass is 446 g/mol. The Morgan fingerprint density at radius 1 is 1.09 bits per heavy atom. The van der Waals surface area contributed by atoms with Gasteiger partial charge in [-0.2, -0.15) is 0 Å². The summed E-state index contributed by atoms with van der Waals surface area (Å²) in [6.07, 6.45) is 2.01. The van der Waals surface area contributed by atoms with Crippen LogP contribution in [0, 0.1) is 5.82 Å². The number of fused-ring (bicyclic) bond motifs is 1. The normalized spacial score (nSPS) is 16.3. The molecule has 168 valence electrons. The number of rotatable bonds is 5. The van der Waals surface area contributed by atoms with Crippen molar-refractivity contribution in [2.24, 2.45) is 0 Å². The van der Waals surface area contributed by atoms with E-state index in [4.69, 9.17) is 0 Å². The molecule has 0 saturated carbocycles. The Morgan fingerprint density at radius 2 is 1.88 bits per heavy atom. The second kappa shape index (κ2) is 8.93. The van der Waals surface area contributed by atoms with Gasteiger partial charge in [-0.25, -0.2) is 14.1 Å². The highest BCUT2D eigenvalue weighted by atomic mass is 19.1. The lowest BCUT2D eigenvalue weighted by Gasteiger charge is -2.32. The van der Waals surface area contributed by atoms with Crippen LogP contribution in [0.1, 0.15) is 35.7 Å². The first-order valence-electron chi connectivity index (χ1n) is 11.0. The Labute approximate surface area is 189 Å². The van der Waals surface area contributed by atoms with E-state index in [0.717, 1.165) is 24.0 Å². The molecule has 0 aliphatic carbocycles. The molecule has 0 spiro atoms. The first-order chi connectivity index (χ1) is 16.1. The number of carbonyl (C=O) groups is 1. The summed E-state index contributed by atoms with van der Waals surface area (Å²) >= 11 is 0. The maximum Gasteiger partial charge on any atom is 0.281 e. The molecule has 9 heteroatoms. The summed E-state index contributed by atoms with van der Waals surface area (Å²) in [5.41, 5.74) is 1.99. The van der Waals surface area contributed by atoms with Gasteiger partial charge in [0, 0.05) is 19.0 Å². The Bertz CT molecular complexity index is 1330. The fraction of sp³-hybridized carbons (Fsp3) is 0.292. The highest BCUT2D eigenvalue weighted by Crippen LogP contribution is 2.25. The number of nitrogens with one attached hydrogen (secondary N) is 1. The first-order valence-corrected chi connectivity index (χ1v) is 11.0. The van der Waals surface area contributed by atoms with Crippen molar-refractivity contribution in [3.8, 4) is 0 Å². The maximum atomic E-state index is 13.2. The Kier molecular flexibility index (Phi) is 5.68. The number of hydrogen-bond acceptors (Lipinski definition) is 5. The number of H-pyrrole nitrogens is 1. The molecule has 0 unspecified atom stereocenters. The van der Waals surface area contributed by atoms with Crippen molar-refractivity contribution in [1.29, 1.82) is 0 Å². The van der Waals surface area contributed by atoms with Crippen LogP contribution in [0.15, 0.2) is 59.4 Å². The molecule has 1 aliphatic rings. The third kappa shape index (κ3) is 4.52. The molecule has 5 rings (SSSR count). The number of halogens is 1. The summed E-state index contributed by atoms with van der Waals surface area (Å²) in [5.74, 6) is 0.206. The number of aromatic amines is 1. The standard InChI is InChI=1S/C24H23FN6O2/c25-19-10-8-17(9-11-19)14-31-23-21(28-29-31)24(33)27-22(26-23)18-7-4-12-30(15-18)20(32)13-16-5-2-1-3-6-16/h1-3,5-6,8-11,18H,4,7,12-15H2,(H,26,27,33)/t18-/m0/s1. The zero-order chi connectivity index (χ0) is 22.8. The van der Waals surface area contributed by atoms with Gasteiger partial charge in [-0.1, -0.05) is 47.7 Å². The van der Waals surface area contributed by atoms with Crippen LogP contribution in [0.2, 0.25) is 0 Å². The summed E-state index contributed by atoms with van der Waals surface area (Å²) in [6.45, 7) is 1.51. The number of carbonyl (C=O) groups excluding carboxylic acids is 1. The van der Waals surface area contributed by atoms with Crippen LogP contribution < -0.4 is 5.56 Å². The van der Waals surface area contributed by atoms with E-state index < -0.39 is 0 Å². The molecule has 0 bridgehead atoms. The molecule has 2 aromatic carbocycles. The largest absolute Gasteiger partial charge is 0.342 e. The lowest BCUT2D eigenvalue weighted by atomic mass is 9.96. The van der Waals surface area contributed by atoms with Gasteiger partial charge >= 0.3 is 0 Å². The Morgan fingerprint density at radius 3 is 2.67 bits per heavy atom. The van der Waals surface area contributed by atoms with Crippen LogP contribution >= 0.6 is 0 Å². The number of benzene rings is 2. The van der Waals surface area contributed by atoms with Crippen molar-refractivity contribution in [2.75, 3.05) is 13.1 Å². The fourth-order valence-electron chi connectivity index (χ4n) is 4.25. The number of amides is 1. The van der Waals surface area contributed by atoms with Crippen molar-refractivity contribution >= 4 is 17.1 Å². The van der Waals surface area contributed by atoms with Gasteiger partial charge in [0.05, 0.1) is 13.0 Å². The minimum absolute atomic E-state index is 0.0670. The van der Waals surface area contributed by atoms with Gasteiger partial charge in [0.15, 0.2) is 11.2 Å². The van der Waals surface area contributed by atoms with Crippen LogP contribution in [-0.2, 0) is 17.8 Å². The molecule has 4 aromatic rings. The molecule has 33 heavy (non-hydrogen) atoms. The molecule has 1 fully saturated rings. The number of nitrogens with zero attached hydrogens (tertiary/aromatic N) is 5. The average Bonchev–Trinajstić information content (AvgIpc) is 3.24. The zero-order valence-corrected chi connectivity index (χ0v) is 17.9. The fourth-order valence-corrected chi connectivity index (χ4v) is 4.25. The van der Waals surface area contributed by atoms with Crippen LogP contribution in [-0.4, -0.2) is 48.9 Å². The first kappa shape index (κ1) is 21.0. The van der Waals surface area contributed by atoms with E-state index in [0.29, 0.717) is 37.5 Å². The Balaban J connectivity index is 1.38. The van der Waals surface area contributed by atoms with Gasteiger partial charge in [0.25, 0.3) is 5.56 Å². The predicted octanol–water partition coefficient (Wildman–Crippen LogP) is 2.65. The van der Waals surface area contributed by atoms with Crippen molar-refractivity contribution in [3.05, 3.63) is 87.7 Å². The third-order valence-corrected chi connectivity index (χ3v) is 6.00. The highest BCUT2D eigenvalue weighted by Gasteiger charge is 2.27. The lowest BCUT2D eigenvalue weighted by molar-refractivity contribution is -0.131. The van der Waals surface area contributed by atoms with Gasteiger partial charge in [-0.05, 0) is 36.1 Å². The Hall–Kier alpha value is -3.88. The summed E-state index contributed by atoms with van der Waals surface area (Å²) < 4.78 is 14.8. The van der Waals surface area contributed by atoms with E-state index in [9.17, 15) is 14.0 Å². The molecule has 1 N–H and O–H groups in total. The van der Waals surface area contributed by atoms with E-state index in [2.05, 4.69) is 20.3 Å². The van der Waals surface area contributed by atoms with Crippen LogP contribution in [0.4, 0.5) is 4.39 Å². The molecule has 1 aliphatic heterocycles. The van der Waals surface area contributed by atoms with Gasteiger partial charge < -0.3 is 9.88 Å². The SMILES string of the molecule is O=C(Cc1ccccc1)N1CCC[C@H](c2nc3c(nnn3Cc3ccc(F)cc3)c(=O)[nH]2)C1. The molecule has 8 nitrogen and oxygen atoms in total. The van der Waals surface area contributed by atoms with Gasteiger partial charge in [0.1, 0.15) is 11.6 Å². The molecule has 1 saturated heterocycles. The van der Waals surface area contributed by atoms with Crippen LogP contribution in [0.5, 0.6) is 0 Å².